The number of carbonyl (C=O) groups is 1. The summed E-state index contributed by atoms with van der Waals surface area (Å²) in [4.78, 5) is 14.5. The number of piperidine rings is 1. The van der Waals surface area contributed by atoms with E-state index in [4.69, 9.17) is 9.26 Å². The average Bonchev–Trinajstić information content (AvgIpc) is 2.94. The standard InChI is InChI=1S/C20H27N3O3/c1-14-6-4-5-7-19(14)25-13-20(24)21-17-8-10-23(11-9-17)12-18-15(2)22-26-16(18)3/h4-7,17H,8-13H2,1-3H3,(H,21,24). The molecule has 2 heterocycles. The summed E-state index contributed by atoms with van der Waals surface area (Å²) < 4.78 is 10.9. The number of benzene rings is 1. The molecule has 3 rings (SSSR count). The van der Waals surface area contributed by atoms with Gasteiger partial charge in [-0.25, -0.2) is 0 Å². The van der Waals surface area contributed by atoms with Crippen LogP contribution in [0.4, 0.5) is 0 Å². The molecule has 26 heavy (non-hydrogen) atoms. The van der Waals surface area contributed by atoms with Gasteiger partial charge in [0.25, 0.3) is 5.91 Å². The van der Waals surface area contributed by atoms with Crippen molar-refractivity contribution in [2.24, 2.45) is 0 Å². The Morgan fingerprint density at radius 1 is 1.27 bits per heavy atom. The molecule has 0 atom stereocenters. The molecule has 140 valence electrons. The first-order chi connectivity index (χ1) is 12.5. The molecule has 2 aromatic rings. The molecule has 1 aromatic carbocycles. The van der Waals surface area contributed by atoms with Crippen molar-refractivity contribution in [1.82, 2.24) is 15.4 Å². The van der Waals surface area contributed by atoms with E-state index in [1.807, 2.05) is 45.0 Å². The van der Waals surface area contributed by atoms with Gasteiger partial charge in [0.1, 0.15) is 11.5 Å². The highest BCUT2D eigenvalue weighted by Gasteiger charge is 2.22. The van der Waals surface area contributed by atoms with Crippen LogP contribution in [-0.4, -0.2) is 41.7 Å². The third-order valence-corrected chi connectivity index (χ3v) is 4.97. The zero-order valence-corrected chi connectivity index (χ0v) is 15.7. The highest BCUT2D eigenvalue weighted by molar-refractivity contribution is 5.77. The third-order valence-electron chi connectivity index (χ3n) is 4.97. The van der Waals surface area contributed by atoms with Crippen LogP contribution in [-0.2, 0) is 11.3 Å². The van der Waals surface area contributed by atoms with Crippen LogP contribution in [0.3, 0.4) is 0 Å². The first-order valence-corrected chi connectivity index (χ1v) is 9.15. The number of para-hydroxylation sites is 1. The number of nitrogens with one attached hydrogen (secondary N) is 1. The molecule has 1 fully saturated rings. The van der Waals surface area contributed by atoms with Gasteiger partial charge in [-0.1, -0.05) is 23.4 Å². The zero-order valence-electron chi connectivity index (χ0n) is 15.7. The number of rotatable bonds is 6. The van der Waals surface area contributed by atoms with Crippen LogP contribution >= 0.6 is 0 Å². The predicted octanol–water partition coefficient (Wildman–Crippen LogP) is 2.76. The van der Waals surface area contributed by atoms with Crippen molar-refractivity contribution < 1.29 is 14.1 Å². The molecule has 6 nitrogen and oxygen atoms in total. The van der Waals surface area contributed by atoms with Crippen molar-refractivity contribution in [3.8, 4) is 5.75 Å². The smallest absolute Gasteiger partial charge is 0.258 e. The van der Waals surface area contributed by atoms with Crippen LogP contribution < -0.4 is 10.1 Å². The lowest BCUT2D eigenvalue weighted by atomic mass is 10.0. The van der Waals surface area contributed by atoms with E-state index in [0.29, 0.717) is 0 Å². The second-order valence-electron chi connectivity index (χ2n) is 6.97. The van der Waals surface area contributed by atoms with Crippen molar-refractivity contribution in [2.45, 2.75) is 46.2 Å². The highest BCUT2D eigenvalue weighted by atomic mass is 16.5. The largest absolute Gasteiger partial charge is 0.484 e. The first kappa shape index (κ1) is 18.5. The Hall–Kier alpha value is -2.34. The quantitative estimate of drug-likeness (QED) is 0.861. The van der Waals surface area contributed by atoms with E-state index < -0.39 is 0 Å². The normalized spacial score (nSPS) is 15.8. The Kier molecular flexibility index (Phi) is 5.93. The Bertz CT molecular complexity index is 729. The average molecular weight is 357 g/mol. The summed E-state index contributed by atoms with van der Waals surface area (Å²) in [5.74, 6) is 1.60. The zero-order chi connectivity index (χ0) is 18.5. The molecular weight excluding hydrogens is 330 g/mol. The lowest BCUT2D eigenvalue weighted by molar-refractivity contribution is -0.124. The molecule has 0 spiro atoms. The summed E-state index contributed by atoms with van der Waals surface area (Å²) in [5, 5.41) is 7.10. The lowest BCUT2D eigenvalue weighted by Crippen LogP contribution is -2.45. The summed E-state index contributed by atoms with van der Waals surface area (Å²) >= 11 is 0. The molecule has 0 bridgehead atoms. The van der Waals surface area contributed by atoms with E-state index in [1.165, 1.54) is 5.56 Å². The van der Waals surface area contributed by atoms with E-state index in [2.05, 4.69) is 15.4 Å². The highest BCUT2D eigenvalue weighted by Crippen LogP contribution is 2.19. The van der Waals surface area contributed by atoms with E-state index in [0.717, 1.165) is 55.2 Å². The Labute approximate surface area is 154 Å². The van der Waals surface area contributed by atoms with Gasteiger partial charge in [0, 0.05) is 31.2 Å². The molecule has 0 radical (unpaired) electrons. The van der Waals surface area contributed by atoms with Crippen LogP contribution in [0.25, 0.3) is 0 Å². The number of hydrogen-bond donors (Lipinski definition) is 1. The fourth-order valence-electron chi connectivity index (χ4n) is 3.32. The molecule has 0 unspecified atom stereocenters. The SMILES string of the molecule is Cc1ccccc1OCC(=O)NC1CCN(Cc2c(C)noc2C)CC1. The monoisotopic (exact) mass is 357 g/mol. The minimum Gasteiger partial charge on any atom is -0.484 e. The number of aryl methyl sites for hydroxylation is 3. The molecule has 1 amide bonds. The number of likely N-dealkylation sites (tertiary alicyclic amines) is 1. The third kappa shape index (κ3) is 4.64. The minimum atomic E-state index is -0.0579. The van der Waals surface area contributed by atoms with E-state index in [-0.39, 0.29) is 18.6 Å². The van der Waals surface area contributed by atoms with Crippen molar-refractivity contribution in [3.63, 3.8) is 0 Å². The van der Waals surface area contributed by atoms with Crippen LogP contribution in [0.5, 0.6) is 5.75 Å². The number of hydrogen-bond acceptors (Lipinski definition) is 5. The summed E-state index contributed by atoms with van der Waals surface area (Å²) in [6.45, 7) is 8.73. The number of aromatic nitrogens is 1. The van der Waals surface area contributed by atoms with Crippen molar-refractivity contribution in [2.75, 3.05) is 19.7 Å². The van der Waals surface area contributed by atoms with Crippen LogP contribution in [0.2, 0.25) is 0 Å². The van der Waals surface area contributed by atoms with Gasteiger partial charge in [-0.15, -0.1) is 0 Å². The molecule has 0 saturated carbocycles. The van der Waals surface area contributed by atoms with Gasteiger partial charge in [-0.3, -0.25) is 9.69 Å². The number of nitrogens with zero attached hydrogens (tertiary/aromatic N) is 2. The number of ether oxygens (including phenoxy) is 1. The summed E-state index contributed by atoms with van der Waals surface area (Å²) in [6, 6.07) is 7.94. The van der Waals surface area contributed by atoms with Crippen molar-refractivity contribution in [1.29, 1.82) is 0 Å². The Morgan fingerprint density at radius 3 is 2.65 bits per heavy atom. The maximum atomic E-state index is 12.2. The van der Waals surface area contributed by atoms with Crippen LogP contribution in [0.15, 0.2) is 28.8 Å². The molecule has 1 saturated heterocycles. The van der Waals surface area contributed by atoms with Gasteiger partial charge in [0.05, 0.1) is 5.69 Å². The Morgan fingerprint density at radius 2 is 2.00 bits per heavy atom. The molecule has 1 aliphatic rings. The lowest BCUT2D eigenvalue weighted by Gasteiger charge is -2.32. The van der Waals surface area contributed by atoms with Crippen LogP contribution in [0.1, 0.15) is 35.4 Å². The fourth-order valence-corrected chi connectivity index (χ4v) is 3.32. The minimum absolute atomic E-state index is 0.0579. The van der Waals surface area contributed by atoms with Gasteiger partial charge < -0.3 is 14.6 Å². The molecule has 1 aromatic heterocycles. The summed E-state index contributed by atoms with van der Waals surface area (Å²) in [5.41, 5.74) is 3.18. The molecule has 0 aliphatic carbocycles. The maximum absolute atomic E-state index is 12.2. The number of carbonyl (C=O) groups excluding carboxylic acids is 1. The molecule has 1 aliphatic heterocycles. The fraction of sp³-hybridized carbons (Fsp3) is 0.500. The second-order valence-corrected chi connectivity index (χ2v) is 6.97. The van der Waals surface area contributed by atoms with Gasteiger partial charge >= 0.3 is 0 Å². The van der Waals surface area contributed by atoms with Gasteiger partial charge in [0.2, 0.25) is 0 Å². The molecule has 6 heteroatoms. The summed E-state index contributed by atoms with van der Waals surface area (Å²) in [6.07, 6.45) is 1.89. The molecule has 1 N–H and O–H groups in total. The van der Waals surface area contributed by atoms with E-state index >= 15 is 0 Å². The summed E-state index contributed by atoms with van der Waals surface area (Å²) in [7, 11) is 0. The molecular formula is C20H27N3O3. The Balaban J connectivity index is 1.41. The topological polar surface area (TPSA) is 67.6 Å². The van der Waals surface area contributed by atoms with E-state index in [1.54, 1.807) is 0 Å². The van der Waals surface area contributed by atoms with Gasteiger partial charge in [0.15, 0.2) is 6.61 Å². The second kappa shape index (κ2) is 8.36. The first-order valence-electron chi connectivity index (χ1n) is 9.15. The maximum Gasteiger partial charge on any atom is 0.258 e. The number of amides is 1. The van der Waals surface area contributed by atoms with Crippen molar-refractivity contribution >= 4 is 5.91 Å². The van der Waals surface area contributed by atoms with Crippen molar-refractivity contribution in [3.05, 3.63) is 46.8 Å². The predicted molar refractivity (Wildman–Crippen MR) is 99.1 cm³/mol. The van der Waals surface area contributed by atoms with Gasteiger partial charge in [-0.05, 0) is 45.2 Å². The van der Waals surface area contributed by atoms with Crippen LogP contribution in [0, 0.1) is 20.8 Å². The van der Waals surface area contributed by atoms with Gasteiger partial charge in [-0.2, -0.15) is 0 Å². The van der Waals surface area contributed by atoms with E-state index in [9.17, 15) is 4.79 Å².